The number of nitriles is 1. The van der Waals surface area contributed by atoms with Gasteiger partial charge in [0.2, 0.25) is 0 Å². The highest BCUT2D eigenvalue weighted by Gasteiger charge is 2.08. The molecule has 0 heterocycles. The summed E-state index contributed by atoms with van der Waals surface area (Å²) in [5.74, 6) is 0. The molecule has 0 radical (unpaired) electrons. The fraction of sp³-hybridized carbons (Fsp3) is 0.364. The van der Waals surface area contributed by atoms with Crippen molar-refractivity contribution < 1.29 is 4.48 Å². The molecule has 0 spiro atoms. The third-order valence-corrected chi connectivity index (χ3v) is 1.71. The van der Waals surface area contributed by atoms with Gasteiger partial charge in [-0.25, -0.2) is 0 Å². The van der Waals surface area contributed by atoms with E-state index in [4.69, 9.17) is 5.26 Å². The first-order valence-electron chi connectivity index (χ1n) is 4.31. The van der Waals surface area contributed by atoms with Crippen molar-refractivity contribution in [2.75, 3.05) is 21.1 Å². The van der Waals surface area contributed by atoms with Crippen LogP contribution in [0.25, 0.3) is 0 Å². The molecule has 0 saturated carbocycles. The number of hydrogen-bond donors (Lipinski definition) is 0. The molecule has 0 saturated heterocycles. The van der Waals surface area contributed by atoms with Gasteiger partial charge in [-0.1, -0.05) is 12.1 Å². The minimum Gasteiger partial charge on any atom is -0.327 e. The Bertz CT molecular complexity index is 329. The zero-order valence-electron chi connectivity index (χ0n) is 8.41. The summed E-state index contributed by atoms with van der Waals surface area (Å²) in [7, 11) is 6.41. The van der Waals surface area contributed by atoms with E-state index in [1.165, 1.54) is 5.56 Å². The predicted molar refractivity (Wildman–Crippen MR) is 52.9 cm³/mol. The number of hydrogen-bond acceptors (Lipinski definition) is 1. The van der Waals surface area contributed by atoms with Crippen LogP contribution in [0.1, 0.15) is 11.1 Å². The maximum absolute atomic E-state index is 8.71. The fourth-order valence-electron chi connectivity index (χ4n) is 1.29. The maximum atomic E-state index is 8.71. The third kappa shape index (κ3) is 3.27. The minimum atomic E-state index is 0.742. The number of quaternary nitrogens is 1. The van der Waals surface area contributed by atoms with E-state index >= 15 is 0 Å². The smallest absolute Gasteiger partial charge is 0.104 e. The van der Waals surface area contributed by atoms with Crippen molar-refractivity contribution in [2.45, 2.75) is 6.54 Å². The molecule has 1 rings (SSSR count). The first-order valence-corrected chi connectivity index (χ1v) is 4.31. The lowest BCUT2D eigenvalue weighted by Gasteiger charge is -2.23. The van der Waals surface area contributed by atoms with Crippen LogP contribution in [0.15, 0.2) is 24.3 Å². The minimum absolute atomic E-state index is 0.742. The fourth-order valence-corrected chi connectivity index (χ4v) is 1.29. The van der Waals surface area contributed by atoms with Gasteiger partial charge >= 0.3 is 0 Å². The molecule has 0 aromatic heterocycles. The summed E-state index contributed by atoms with van der Waals surface area (Å²) >= 11 is 0. The summed E-state index contributed by atoms with van der Waals surface area (Å²) < 4.78 is 0.884. The topological polar surface area (TPSA) is 23.8 Å². The number of rotatable bonds is 2. The molecule has 0 unspecified atom stereocenters. The number of benzene rings is 1. The van der Waals surface area contributed by atoms with Crippen molar-refractivity contribution >= 4 is 0 Å². The molecule has 0 fully saturated rings. The number of nitrogens with zero attached hydrogens (tertiary/aromatic N) is 2. The van der Waals surface area contributed by atoms with E-state index in [1.54, 1.807) is 0 Å². The second-order valence-corrected chi connectivity index (χ2v) is 4.26. The van der Waals surface area contributed by atoms with Gasteiger partial charge in [-0.15, -0.1) is 0 Å². The van der Waals surface area contributed by atoms with Gasteiger partial charge in [0.15, 0.2) is 0 Å². The summed E-state index contributed by atoms with van der Waals surface area (Å²) in [6.07, 6.45) is 0. The lowest BCUT2D eigenvalue weighted by atomic mass is 10.1. The van der Waals surface area contributed by atoms with Gasteiger partial charge in [-0.2, -0.15) is 5.26 Å². The maximum Gasteiger partial charge on any atom is 0.104 e. The predicted octanol–water partition coefficient (Wildman–Crippen LogP) is 1.76. The second kappa shape index (κ2) is 3.59. The van der Waals surface area contributed by atoms with Crippen molar-refractivity contribution in [3.05, 3.63) is 35.4 Å². The van der Waals surface area contributed by atoms with Crippen molar-refractivity contribution in [3.8, 4) is 6.07 Å². The van der Waals surface area contributed by atoms with Gasteiger partial charge in [0.25, 0.3) is 0 Å². The van der Waals surface area contributed by atoms with Crippen LogP contribution >= 0.6 is 0 Å². The second-order valence-electron chi connectivity index (χ2n) is 4.26. The van der Waals surface area contributed by atoms with Crippen LogP contribution in [0.3, 0.4) is 0 Å². The Balaban J connectivity index is 2.86. The highest BCUT2D eigenvalue weighted by atomic mass is 15.3. The first-order chi connectivity index (χ1) is 6.01. The van der Waals surface area contributed by atoms with Crippen molar-refractivity contribution in [1.29, 1.82) is 5.26 Å². The van der Waals surface area contributed by atoms with Gasteiger partial charge in [0.05, 0.1) is 32.8 Å². The molecule has 1 aromatic carbocycles. The molecule has 0 aliphatic heterocycles. The average molecular weight is 175 g/mol. The molecule has 0 N–H and O–H groups in total. The average Bonchev–Trinajstić information content (AvgIpc) is 2.01. The summed E-state index contributed by atoms with van der Waals surface area (Å²) in [6, 6.07) is 9.92. The Morgan fingerprint density at radius 2 is 2.00 bits per heavy atom. The van der Waals surface area contributed by atoms with E-state index < -0.39 is 0 Å². The largest absolute Gasteiger partial charge is 0.327 e. The molecular weight excluding hydrogens is 160 g/mol. The third-order valence-electron chi connectivity index (χ3n) is 1.71. The van der Waals surface area contributed by atoms with Crippen LogP contribution in [0.5, 0.6) is 0 Å². The zero-order chi connectivity index (χ0) is 9.90. The van der Waals surface area contributed by atoms with Crippen LogP contribution in [-0.4, -0.2) is 25.6 Å². The Kier molecular flexibility index (Phi) is 2.69. The molecule has 13 heavy (non-hydrogen) atoms. The van der Waals surface area contributed by atoms with Crippen molar-refractivity contribution in [3.63, 3.8) is 0 Å². The molecule has 68 valence electrons. The SMILES string of the molecule is C[N+](C)(C)Cc1cccc(C#N)c1. The first kappa shape index (κ1) is 9.76. The Morgan fingerprint density at radius 3 is 2.54 bits per heavy atom. The normalized spacial score (nSPS) is 10.9. The Hall–Kier alpha value is -1.33. The molecule has 0 bridgehead atoms. The molecule has 0 amide bonds. The summed E-state index contributed by atoms with van der Waals surface area (Å²) in [5, 5.41) is 8.71. The van der Waals surface area contributed by atoms with Crippen LogP contribution < -0.4 is 0 Å². The van der Waals surface area contributed by atoms with Crippen LogP contribution in [0.4, 0.5) is 0 Å². The molecule has 0 aliphatic carbocycles. The van der Waals surface area contributed by atoms with Crippen LogP contribution in [-0.2, 0) is 6.54 Å². The lowest BCUT2D eigenvalue weighted by molar-refractivity contribution is -0.884. The molecule has 2 heteroatoms. The quantitative estimate of drug-likeness (QED) is 0.628. The lowest BCUT2D eigenvalue weighted by Crippen LogP contribution is -2.33. The Labute approximate surface area is 79.6 Å². The van der Waals surface area contributed by atoms with Crippen LogP contribution in [0.2, 0.25) is 0 Å². The van der Waals surface area contributed by atoms with Gasteiger partial charge in [-0.05, 0) is 12.1 Å². The van der Waals surface area contributed by atoms with E-state index in [9.17, 15) is 0 Å². The van der Waals surface area contributed by atoms with Crippen molar-refractivity contribution in [2.24, 2.45) is 0 Å². The molecule has 0 atom stereocenters. The molecular formula is C11H15N2+. The Morgan fingerprint density at radius 1 is 1.31 bits per heavy atom. The van der Waals surface area contributed by atoms with E-state index in [1.807, 2.05) is 18.2 Å². The highest BCUT2D eigenvalue weighted by molar-refractivity contribution is 5.32. The highest BCUT2D eigenvalue weighted by Crippen LogP contribution is 2.08. The van der Waals surface area contributed by atoms with E-state index in [-0.39, 0.29) is 0 Å². The van der Waals surface area contributed by atoms with Gasteiger partial charge in [0, 0.05) is 5.56 Å². The van der Waals surface area contributed by atoms with E-state index in [0.29, 0.717) is 0 Å². The van der Waals surface area contributed by atoms with Crippen LogP contribution in [0, 0.1) is 11.3 Å². The molecule has 1 aromatic rings. The van der Waals surface area contributed by atoms with Gasteiger partial charge < -0.3 is 4.48 Å². The molecule has 2 nitrogen and oxygen atoms in total. The van der Waals surface area contributed by atoms with Gasteiger partial charge in [0.1, 0.15) is 6.54 Å². The van der Waals surface area contributed by atoms with Crippen molar-refractivity contribution in [1.82, 2.24) is 0 Å². The summed E-state index contributed by atoms with van der Waals surface area (Å²) in [4.78, 5) is 0. The standard InChI is InChI=1S/C11H15N2/c1-13(2,3)9-11-6-4-5-10(7-11)8-12/h4-7H,9H2,1-3H3/q+1. The summed E-state index contributed by atoms with van der Waals surface area (Å²) in [6.45, 7) is 0.954. The van der Waals surface area contributed by atoms with E-state index in [0.717, 1.165) is 16.6 Å². The zero-order valence-corrected chi connectivity index (χ0v) is 8.41. The monoisotopic (exact) mass is 175 g/mol. The summed E-state index contributed by atoms with van der Waals surface area (Å²) in [5.41, 5.74) is 1.96. The van der Waals surface area contributed by atoms with E-state index in [2.05, 4.69) is 33.3 Å². The van der Waals surface area contributed by atoms with Gasteiger partial charge in [-0.3, -0.25) is 0 Å². The molecule has 0 aliphatic rings.